The SMILES string of the molecule is Cc1ccc(CCCC(=O)NN(C)C)o1. The zero-order chi connectivity index (χ0) is 11.3. The van der Waals surface area contributed by atoms with Crippen molar-refractivity contribution in [3.05, 3.63) is 23.7 Å². The van der Waals surface area contributed by atoms with E-state index < -0.39 is 0 Å². The van der Waals surface area contributed by atoms with Crippen molar-refractivity contribution in [2.45, 2.75) is 26.2 Å². The monoisotopic (exact) mass is 210 g/mol. The molecule has 1 aromatic rings. The van der Waals surface area contributed by atoms with Crippen molar-refractivity contribution in [2.24, 2.45) is 0 Å². The Morgan fingerprint density at radius 1 is 1.47 bits per heavy atom. The predicted octanol–water partition coefficient (Wildman–Crippen LogP) is 1.50. The molecule has 1 amide bonds. The van der Waals surface area contributed by atoms with E-state index in [0.29, 0.717) is 6.42 Å². The smallest absolute Gasteiger partial charge is 0.234 e. The maximum atomic E-state index is 11.3. The van der Waals surface area contributed by atoms with E-state index in [9.17, 15) is 4.79 Å². The molecule has 1 aromatic heterocycles. The summed E-state index contributed by atoms with van der Waals surface area (Å²) in [6.07, 6.45) is 2.15. The van der Waals surface area contributed by atoms with Crippen molar-refractivity contribution in [1.82, 2.24) is 10.4 Å². The van der Waals surface area contributed by atoms with Gasteiger partial charge in [0.05, 0.1) is 0 Å². The molecule has 0 aromatic carbocycles. The number of furan rings is 1. The first-order valence-electron chi connectivity index (χ1n) is 5.10. The van der Waals surface area contributed by atoms with Crippen LogP contribution in [0.15, 0.2) is 16.5 Å². The van der Waals surface area contributed by atoms with E-state index in [4.69, 9.17) is 4.42 Å². The quantitative estimate of drug-likeness (QED) is 0.749. The molecule has 0 fully saturated rings. The Balaban J connectivity index is 2.19. The van der Waals surface area contributed by atoms with Crippen molar-refractivity contribution >= 4 is 5.91 Å². The van der Waals surface area contributed by atoms with E-state index in [2.05, 4.69) is 5.43 Å². The molecule has 4 heteroatoms. The fourth-order valence-corrected chi connectivity index (χ4v) is 1.35. The highest BCUT2D eigenvalue weighted by Crippen LogP contribution is 2.09. The van der Waals surface area contributed by atoms with Crippen LogP contribution in [0, 0.1) is 6.92 Å². The van der Waals surface area contributed by atoms with Crippen molar-refractivity contribution in [1.29, 1.82) is 0 Å². The highest BCUT2D eigenvalue weighted by molar-refractivity contribution is 5.75. The fourth-order valence-electron chi connectivity index (χ4n) is 1.35. The van der Waals surface area contributed by atoms with Crippen LogP contribution in [-0.2, 0) is 11.2 Å². The molecular weight excluding hydrogens is 192 g/mol. The number of rotatable bonds is 5. The van der Waals surface area contributed by atoms with Gasteiger partial charge in [-0.05, 0) is 25.5 Å². The van der Waals surface area contributed by atoms with E-state index in [1.807, 2.05) is 19.1 Å². The minimum absolute atomic E-state index is 0.0447. The van der Waals surface area contributed by atoms with Crippen molar-refractivity contribution in [3.63, 3.8) is 0 Å². The largest absolute Gasteiger partial charge is 0.466 e. The third kappa shape index (κ3) is 4.65. The molecule has 0 saturated heterocycles. The number of amides is 1. The zero-order valence-electron chi connectivity index (χ0n) is 9.54. The van der Waals surface area contributed by atoms with Crippen molar-refractivity contribution < 1.29 is 9.21 Å². The van der Waals surface area contributed by atoms with Crippen LogP contribution in [-0.4, -0.2) is 25.0 Å². The lowest BCUT2D eigenvalue weighted by atomic mass is 10.2. The van der Waals surface area contributed by atoms with E-state index in [-0.39, 0.29) is 5.91 Å². The highest BCUT2D eigenvalue weighted by atomic mass is 16.3. The zero-order valence-corrected chi connectivity index (χ0v) is 9.54. The standard InChI is InChI=1S/C11H18N2O2/c1-9-7-8-10(15-9)5-4-6-11(14)12-13(2)3/h7-8H,4-6H2,1-3H3,(H,12,14). The lowest BCUT2D eigenvalue weighted by molar-refractivity contribution is -0.124. The van der Waals surface area contributed by atoms with E-state index in [0.717, 1.165) is 24.4 Å². The molecular formula is C11H18N2O2. The molecule has 1 rings (SSSR count). The molecule has 4 nitrogen and oxygen atoms in total. The van der Waals surface area contributed by atoms with Gasteiger partial charge < -0.3 is 4.42 Å². The summed E-state index contributed by atoms with van der Waals surface area (Å²) < 4.78 is 5.40. The highest BCUT2D eigenvalue weighted by Gasteiger charge is 2.03. The number of carbonyl (C=O) groups excluding carboxylic acids is 1. The Kier molecular flexibility index (Phi) is 4.37. The van der Waals surface area contributed by atoms with Gasteiger partial charge in [0.2, 0.25) is 5.91 Å². The average Bonchev–Trinajstić information content (AvgIpc) is 2.50. The van der Waals surface area contributed by atoms with Crippen molar-refractivity contribution in [3.8, 4) is 0 Å². The van der Waals surface area contributed by atoms with Crippen LogP contribution in [0.5, 0.6) is 0 Å². The van der Waals surface area contributed by atoms with Gasteiger partial charge >= 0.3 is 0 Å². The summed E-state index contributed by atoms with van der Waals surface area (Å²) in [6.45, 7) is 1.92. The Hall–Kier alpha value is -1.29. The molecule has 84 valence electrons. The Morgan fingerprint density at radius 2 is 2.20 bits per heavy atom. The minimum Gasteiger partial charge on any atom is -0.466 e. The first-order chi connectivity index (χ1) is 7.08. The first-order valence-corrected chi connectivity index (χ1v) is 5.10. The number of carbonyl (C=O) groups is 1. The molecule has 0 radical (unpaired) electrons. The lowest BCUT2D eigenvalue weighted by Gasteiger charge is -2.10. The summed E-state index contributed by atoms with van der Waals surface area (Å²) in [4.78, 5) is 11.3. The first kappa shape index (κ1) is 11.8. The number of nitrogens with zero attached hydrogens (tertiary/aromatic N) is 1. The molecule has 0 bridgehead atoms. The van der Waals surface area contributed by atoms with Crippen LogP contribution in [0.3, 0.4) is 0 Å². The van der Waals surface area contributed by atoms with Crippen molar-refractivity contribution in [2.75, 3.05) is 14.1 Å². The van der Waals surface area contributed by atoms with Gasteiger partial charge in [0.25, 0.3) is 0 Å². The van der Waals surface area contributed by atoms with Crippen LogP contribution >= 0.6 is 0 Å². The maximum absolute atomic E-state index is 11.3. The van der Waals surface area contributed by atoms with Gasteiger partial charge in [0.15, 0.2) is 0 Å². The number of hydrazine groups is 1. The number of hydrogen-bond acceptors (Lipinski definition) is 3. The topological polar surface area (TPSA) is 45.5 Å². The van der Waals surface area contributed by atoms with Gasteiger partial charge in [-0.1, -0.05) is 0 Å². The molecule has 15 heavy (non-hydrogen) atoms. The minimum atomic E-state index is 0.0447. The maximum Gasteiger partial charge on any atom is 0.234 e. The van der Waals surface area contributed by atoms with Gasteiger partial charge in [0, 0.05) is 26.9 Å². The number of hydrogen-bond donors (Lipinski definition) is 1. The predicted molar refractivity (Wildman–Crippen MR) is 58.2 cm³/mol. The van der Waals surface area contributed by atoms with Gasteiger partial charge in [-0.15, -0.1) is 0 Å². The summed E-state index contributed by atoms with van der Waals surface area (Å²) in [7, 11) is 3.60. The molecule has 0 spiro atoms. The molecule has 1 heterocycles. The number of aryl methyl sites for hydroxylation is 2. The summed E-state index contributed by atoms with van der Waals surface area (Å²) >= 11 is 0. The second-order valence-electron chi connectivity index (χ2n) is 3.80. The normalized spacial score (nSPS) is 10.7. The van der Waals surface area contributed by atoms with E-state index in [1.165, 1.54) is 0 Å². The Labute approximate surface area is 90.2 Å². The second-order valence-corrected chi connectivity index (χ2v) is 3.80. The Morgan fingerprint density at radius 3 is 2.73 bits per heavy atom. The van der Waals surface area contributed by atoms with E-state index in [1.54, 1.807) is 19.1 Å². The molecule has 0 aliphatic heterocycles. The van der Waals surface area contributed by atoms with Gasteiger partial charge in [0.1, 0.15) is 11.5 Å². The fraction of sp³-hybridized carbons (Fsp3) is 0.545. The third-order valence-electron chi connectivity index (χ3n) is 1.97. The number of nitrogens with one attached hydrogen (secondary N) is 1. The molecule has 0 unspecified atom stereocenters. The Bertz CT molecular complexity index is 318. The van der Waals surface area contributed by atoms with Crippen LogP contribution in [0.25, 0.3) is 0 Å². The molecule has 1 N–H and O–H groups in total. The summed E-state index contributed by atoms with van der Waals surface area (Å²) in [5.74, 6) is 1.91. The molecule has 0 aliphatic carbocycles. The molecule has 0 aliphatic rings. The third-order valence-corrected chi connectivity index (χ3v) is 1.97. The van der Waals surface area contributed by atoms with Gasteiger partial charge in [-0.2, -0.15) is 0 Å². The van der Waals surface area contributed by atoms with Crippen LogP contribution in [0.1, 0.15) is 24.4 Å². The van der Waals surface area contributed by atoms with Crippen LogP contribution in [0.2, 0.25) is 0 Å². The molecule has 0 atom stereocenters. The summed E-state index contributed by atoms with van der Waals surface area (Å²) in [5.41, 5.74) is 2.70. The molecule has 0 saturated carbocycles. The van der Waals surface area contributed by atoms with Gasteiger partial charge in [-0.3, -0.25) is 10.2 Å². The van der Waals surface area contributed by atoms with Crippen LogP contribution < -0.4 is 5.43 Å². The average molecular weight is 210 g/mol. The lowest BCUT2D eigenvalue weighted by Crippen LogP contribution is -2.35. The van der Waals surface area contributed by atoms with Crippen LogP contribution in [0.4, 0.5) is 0 Å². The second kappa shape index (κ2) is 5.56. The summed E-state index contributed by atoms with van der Waals surface area (Å²) in [5, 5.41) is 1.65. The van der Waals surface area contributed by atoms with E-state index >= 15 is 0 Å². The van der Waals surface area contributed by atoms with Gasteiger partial charge in [-0.25, -0.2) is 5.01 Å². The summed E-state index contributed by atoms with van der Waals surface area (Å²) in [6, 6.07) is 3.90.